The van der Waals surface area contributed by atoms with Crippen LogP contribution in [0.25, 0.3) is 133 Å². The molecule has 0 radical (unpaired) electrons. The Morgan fingerprint density at radius 1 is 0.248 bits per heavy atom. The summed E-state index contributed by atoms with van der Waals surface area (Å²) in [5, 5.41) is -2.16. The predicted octanol–water partition coefficient (Wildman–Crippen LogP) is 28.8. The Hall–Kier alpha value is -13.2. The molecule has 20 rings (SSSR count). The van der Waals surface area contributed by atoms with Crippen molar-refractivity contribution in [3.8, 4) is 89.3 Å². The smallest absolute Gasteiger partial charge is 0.252 e. The number of fused-ring (bicyclic) bond motifs is 10. The largest absolute Gasteiger partial charge is 0.310 e. The lowest BCUT2D eigenvalue weighted by Gasteiger charge is -2.46. The normalized spacial score (nSPS) is 16.5. The van der Waals surface area contributed by atoms with Crippen LogP contribution in [-0.4, -0.2) is 15.8 Å². The number of para-hydroxylation sites is 2. The van der Waals surface area contributed by atoms with Crippen molar-refractivity contribution in [2.75, 3.05) is 9.80 Å². The molecule has 2 aromatic heterocycles. The second kappa shape index (κ2) is 27.8. The second-order valence-electron chi connectivity index (χ2n) is 34.2. The molecule has 16 aromatic carbocycles. The molecule has 4 heterocycles. The first-order valence-corrected chi connectivity index (χ1v) is 39.1. The third kappa shape index (κ3) is 12.5. The first kappa shape index (κ1) is 47.0. The first-order chi connectivity index (χ1) is 69.1. The van der Waals surface area contributed by atoms with Crippen LogP contribution in [-0.2, 0) is 21.7 Å². The molecule has 0 fully saturated rings. The van der Waals surface area contributed by atoms with E-state index >= 15 is 0 Å². The van der Waals surface area contributed by atoms with E-state index in [1.807, 2.05) is 168 Å². The third-order valence-corrected chi connectivity index (χ3v) is 22.5. The van der Waals surface area contributed by atoms with Crippen LogP contribution in [0.3, 0.4) is 0 Å². The van der Waals surface area contributed by atoms with Gasteiger partial charge >= 0.3 is 0 Å². The number of nitrogens with zero attached hydrogens (tertiary/aromatic N) is 4. The predicted molar refractivity (Wildman–Crippen MR) is 502 cm³/mol. The Balaban J connectivity index is 1.08. The Morgan fingerprint density at radius 3 is 0.915 bits per heavy atom. The average Bonchev–Trinajstić information content (AvgIpc) is 1.59. The van der Waals surface area contributed by atoms with Gasteiger partial charge < -0.3 is 18.9 Å². The quantitative estimate of drug-likeness (QED) is 0.120. The van der Waals surface area contributed by atoms with Gasteiger partial charge in [0.25, 0.3) is 6.71 Å². The Labute approximate surface area is 731 Å². The Bertz CT molecular complexity index is 8200. The van der Waals surface area contributed by atoms with Gasteiger partial charge in [0.05, 0.1) is 74.6 Å². The summed E-state index contributed by atoms with van der Waals surface area (Å²) in [5.41, 5.74) is -0.460. The van der Waals surface area contributed by atoms with Crippen molar-refractivity contribution >= 4 is 101 Å². The zero-order chi connectivity index (χ0) is 106. The SMILES string of the molecule is [2H]c1c([2H])c([2H])c(-c2c([2H])c([2H])c3c(c2[2H])c2c([2H])c([2H])c([2H])c([2H])c2n3-c2c([2H])c([2H])c3c(c2[2H])N(c2c(-c4ccccc4)cc(C(C)(C)C)cc2-c2ccccc2)c2cc(-c4cc(C(C)(C)C)cc(C(C)(C)C)c4)cc4c2B3c2c([2H])c([2H])c(-n3c5c([2H])c([2H])c([2H])c([2H])c5c5c([2H])c(-c6c([2H])c([2H])c([2H])c([2H])c6[2H])c([2H])c([2H])c53)c([2H])c2N4c2c(-c3ccccc3)cc(C(C)(C)C)cc2-c2ccccc2)c([2H])c1[2H]. The molecule has 18 aromatic rings. The van der Waals surface area contributed by atoms with Crippen LogP contribution in [0.1, 0.15) is 146 Å². The molecule has 0 saturated carbocycles. The molecule has 0 spiro atoms. The lowest BCUT2D eigenvalue weighted by molar-refractivity contribution is 0.569. The molecule has 0 unspecified atom stereocenters. The van der Waals surface area contributed by atoms with E-state index in [-0.39, 0.29) is 39.1 Å². The molecule has 4 nitrogen and oxygen atoms in total. The summed E-state index contributed by atoms with van der Waals surface area (Å²) >= 11 is 0. The third-order valence-electron chi connectivity index (χ3n) is 22.5. The van der Waals surface area contributed by atoms with E-state index in [0.717, 1.165) is 31.4 Å². The van der Waals surface area contributed by atoms with Gasteiger partial charge in [-0.25, -0.2) is 0 Å². The summed E-state index contributed by atoms with van der Waals surface area (Å²) in [5.74, 6) is 0. The number of rotatable bonds is 11. The summed E-state index contributed by atoms with van der Waals surface area (Å²) in [6, 6.07) is 30.1. The molecule has 0 N–H and O–H groups in total. The number of benzene rings is 16. The molecule has 0 amide bonds. The summed E-state index contributed by atoms with van der Waals surface area (Å²) < 4.78 is 304. The maximum atomic E-state index is 12.2. The number of hydrogen-bond donors (Lipinski definition) is 0. The van der Waals surface area contributed by atoms with Gasteiger partial charge in [-0.15, -0.1) is 0 Å². The lowest BCUT2D eigenvalue weighted by atomic mass is 9.33. The van der Waals surface area contributed by atoms with E-state index in [0.29, 0.717) is 67.0 Å². The van der Waals surface area contributed by atoms with Gasteiger partial charge in [0.2, 0.25) is 0 Å². The van der Waals surface area contributed by atoms with Crippen LogP contribution < -0.4 is 26.2 Å². The van der Waals surface area contributed by atoms with Crippen LogP contribution in [0.15, 0.2) is 357 Å². The van der Waals surface area contributed by atoms with Gasteiger partial charge in [0.15, 0.2) is 0 Å². The van der Waals surface area contributed by atoms with Gasteiger partial charge in [-0.2, -0.15) is 0 Å². The van der Waals surface area contributed by atoms with E-state index in [1.54, 1.807) is 0 Å². The maximum Gasteiger partial charge on any atom is 0.252 e. The molecule has 566 valence electrons. The molecule has 0 aliphatic carbocycles. The highest BCUT2D eigenvalue weighted by Crippen LogP contribution is 2.56. The van der Waals surface area contributed by atoms with Crippen molar-refractivity contribution in [3.05, 3.63) is 379 Å². The standard InChI is InChI=1S/C112H95BN4/c1-109(2,3)82-59-80(60-83(65-82)110(4,5)6)81-63-104-106-105(64-81)117(108-92(76-43-27-17-28-44-76)68-85(112(10,11)12)69-93(108)77-45-29-18-30-46-77)103-71-87(115-99-50-34-32-48-89(99)95-62-79(52-58-101(95)115)73-37-21-14-22-38-73)54-56-97(103)113(106)96-55-53-86(114-98-49-33-31-47-88(98)94-61-78(51-57-100(94)114)72-35-19-13-20-36-72)70-102(96)116(104)107-90(74-39-23-15-24-40-74)66-84(111(7,8)9)67-91(107)75-41-25-16-26-42-75/h13-71H,1-12H3/i13D,14D,19D,20D,21D,22D,31D,32D,33D,34D,35D,36D,37D,38D,47D,48D,49D,50D,51D,52D,53D,54D,55D,56D,57D,58D,61D,62D,70D,71D. The minimum Gasteiger partial charge on any atom is -0.310 e. The van der Waals surface area contributed by atoms with E-state index in [1.165, 1.54) is 0 Å². The van der Waals surface area contributed by atoms with Crippen LogP contribution in [0.2, 0.25) is 0 Å². The van der Waals surface area contributed by atoms with Crippen LogP contribution in [0.4, 0.5) is 34.1 Å². The molecule has 5 heteroatoms. The molecule has 0 atom stereocenters. The molecule has 0 saturated heterocycles. The minimum atomic E-state index is -1.84. The average molecular weight is 1540 g/mol. The lowest BCUT2D eigenvalue weighted by Crippen LogP contribution is -2.61. The van der Waals surface area contributed by atoms with E-state index in [2.05, 4.69) is 101 Å². The molecule has 117 heavy (non-hydrogen) atoms. The summed E-state index contributed by atoms with van der Waals surface area (Å²) in [7, 11) is 0. The van der Waals surface area contributed by atoms with Gasteiger partial charge in [0, 0.05) is 77.9 Å². The van der Waals surface area contributed by atoms with E-state index in [9.17, 15) is 32.9 Å². The maximum absolute atomic E-state index is 12.2. The van der Waals surface area contributed by atoms with Crippen LogP contribution >= 0.6 is 0 Å². The first-order valence-electron chi connectivity index (χ1n) is 54.1. The van der Waals surface area contributed by atoms with Crippen molar-refractivity contribution < 1.29 is 41.1 Å². The number of hydrogen-bond acceptors (Lipinski definition) is 2. The fraction of sp³-hybridized carbons (Fsp3) is 0.143. The van der Waals surface area contributed by atoms with E-state index in [4.69, 9.17) is 8.22 Å². The summed E-state index contributed by atoms with van der Waals surface area (Å²) in [6.45, 7) is 23.1. The molecule has 2 aliphatic rings. The van der Waals surface area contributed by atoms with Crippen molar-refractivity contribution in [3.63, 3.8) is 0 Å². The second-order valence-corrected chi connectivity index (χ2v) is 34.2. The fourth-order valence-corrected chi connectivity index (χ4v) is 16.5. The van der Waals surface area contributed by atoms with Gasteiger partial charge in [-0.3, -0.25) is 0 Å². The Morgan fingerprint density at radius 2 is 0.564 bits per heavy atom. The monoisotopic (exact) mass is 1540 g/mol. The topological polar surface area (TPSA) is 16.3 Å². The Kier molecular flexibility index (Phi) is 11.2. The van der Waals surface area contributed by atoms with Gasteiger partial charge in [0.1, 0.15) is 0 Å². The highest BCUT2D eigenvalue weighted by molar-refractivity contribution is 7.00. The highest BCUT2D eigenvalue weighted by atomic mass is 15.2. The fourth-order valence-electron chi connectivity index (χ4n) is 16.5. The van der Waals surface area contributed by atoms with Crippen molar-refractivity contribution in [1.29, 1.82) is 0 Å². The van der Waals surface area contributed by atoms with Gasteiger partial charge in [-0.1, -0.05) is 343 Å². The number of anilines is 6. The van der Waals surface area contributed by atoms with Crippen LogP contribution in [0, 0.1) is 0 Å². The van der Waals surface area contributed by atoms with Crippen molar-refractivity contribution in [2.45, 2.75) is 105 Å². The molecular formula is C112H95BN4. The molecule has 0 bridgehead atoms. The number of aromatic nitrogens is 2. The van der Waals surface area contributed by atoms with Gasteiger partial charge in [-0.05, 0) is 213 Å². The van der Waals surface area contributed by atoms with Crippen molar-refractivity contribution in [2.24, 2.45) is 0 Å². The summed E-state index contributed by atoms with van der Waals surface area (Å²) in [4.78, 5) is 3.67. The van der Waals surface area contributed by atoms with E-state index < -0.39 is 287 Å². The molecular weight excluding hydrogens is 1410 g/mol. The zero-order valence-electron chi connectivity index (χ0n) is 96.6. The van der Waals surface area contributed by atoms with Crippen LogP contribution in [0.5, 0.6) is 0 Å². The molecule has 2 aliphatic heterocycles. The van der Waals surface area contributed by atoms with Crippen molar-refractivity contribution in [1.82, 2.24) is 9.13 Å². The summed E-state index contributed by atoms with van der Waals surface area (Å²) in [6.07, 6.45) is 0. The minimum absolute atomic E-state index is 0.174. The highest BCUT2D eigenvalue weighted by Gasteiger charge is 2.47. The zero-order valence-corrected chi connectivity index (χ0v) is 66.6.